The van der Waals surface area contributed by atoms with Crippen LogP contribution in [0.3, 0.4) is 0 Å². The van der Waals surface area contributed by atoms with Gasteiger partial charge in [-0.2, -0.15) is 0 Å². The van der Waals surface area contributed by atoms with E-state index in [1.54, 1.807) is 0 Å². The van der Waals surface area contributed by atoms with Crippen LogP contribution >= 0.6 is 0 Å². The number of aromatic nitrogens is 4. The predicted molar refractivity (Wildman–Crippen MR) is 315 cm³/mol. The second kappa shape index (κ2) is 20.7. The van der Waals surface area contributed by atoms with Crippen LogP contribution in [0.1, 0.15) is 67.3 Å². The van der Waals surface area contributed by atoms with Crippen LogP contribution in [-0.4, -0.2) is 19.9 Å². The molecule has 5 heterocycles. The number of nitrogens with zero attached hydrogens (tertiary/aromatic N) is 2. The standard InChI is InChI=1S/C72H54N4/c1-9-25-49(26-10-1)41-57-61-45-66-70(54-35-19-6-20-36-54)59(43-51-29-13-3-14-30-51)63(74-66)47-68-72(56-39-23-8-24-40-56)60(44-52-31-15-4-16-32-52)64(76-68)48-67-71(55-37-21-7-22-38-55)58(42-50-27-11-2-12-28-50)62(75-67)46-65(73-61)69(57)53-33-17-5-18-34-53/h1-40,45-48,73,76H,41-44H2. The molecular weight excluding hydrogens is 921 g/mol. The summed E-state index contributed by atoms with van der Waals surface area (Å²) in [6, 6.07) is 96.0. The largest absolute Gasteiger partial charge is 0.355 e. The summed E-state index contributed by atoms with van der Waals surface area (Å²) < 4.78 is 0. The molecule has 0 saturated carbocycles. The van der Waals surface area contributed by atoms with Crippen molar-refractivity contribution in [3.63, 3.8) is 0 Å². The highest BCUT2D eigenvalue weighted by Gasteiger charge is 2.27. The van der Waals surface area contributed by atoms with Crippen molar-refractivity contribution in [1.82, 2.24) is 19.9 Å². The van der Waals surface area contributed by atoms with Gasteiger partial charge in [0.1, 0.15) is 0 Å². The Hall–Kier alpha value is -9.64. The van der Waals surface area contributed by atoms with E-state index in [1.165, 1.54) is 44.5 Å². The Morgan fingerprint density at radius 2 is 0.513 bits per heavy atom. The normalized spacial score (nSPS) is 12.3. The predicted octanol–water partition coefficient (Wildman–Crippen LogP) is 17.2. The lowest BCUT2D eigenvalue weighted by Crippen LogP contribution is -1.94. The third-order valence-corrected chi connectivity index (χ3v) is 14.8. The summed E-state index contributed by atoms with van der Waals surface area (Å²) in [6.07, 6.45) is 2.78. The molecule has 0 saturated heterocycles. The molecule has 2 aliphatic rings. The van der Waals surface area contributed by atoms with Gasteiger partial charge in [-0.3, -0.25) is 0 Å². The summed E-state index contributed by atoms with van der Waals surface area (Å²) in [5, 5.41) is 0. The van der Waals surface area contributed by atoms with Crippen LogP contribution in [0.25, 0.3) is 66.6 Å². The van der Waals surface area contributed by atoms with Crippen LogP contribution in [0.2, 0.25) is 0 Å². The van der Waals surface area contributed by atoms with Gasteiger partial charge in [0, 0.05) is 70.0 Å². The van der Waals surface area contributed by atoms with Crippen LogP contribution in [0, 0.1) is 0 Å². The highest BCUT2D eigenvalue weighted by Crippen LogP contribution is 2.44. The quantitative estimate of drug-likeness (QED) is 0.128. The summed E-state index contributed by atoms with van der Waals surface area (Å²) in [5.74, 6) is 0. The van der Waals surface area contributed by atoms with E-state index in [0.717, 1.165) is 89.4 Å². The van der Waals surface area contributed by atoms with Crippen molar-refractivity contribution in [2.24, 2.45) is 0 Å². The average Bonchev–Trinajstić information content (AvgIpc) is 4.21. The molecule has 11 aromatic rings. The summed E-state index contributed by atoms with van der Waals surface area (Å²) in [4.78, 5) is 19.8. The molecular formula is C72H54N4. The van der Waals surface area contributed by atoms with Gasteiger partial charge in [-0.25, -0.2) is 9.97 Å². The fourth-order valence-corrected chi connectivity index (χ4v) is 11.3. The van der Waals surface area contributed by atoms with E-state index in [0.29, 0.717) is 25.7 Å². The van der Waals surface area contributed by atoms with Crippen LogP contribution in [0.4, 0.5) is 0 Å². The molecule has 362 valence electrons. The van der Waals surface area contributed by atoms with Crippen LogP contribution in [0.5, 0.6) is 0 Å². The Morgan fingerprint density at radius 1 is 0.250 bits per heavy atom. The molecule has 0 fully saturated rings. The molecule has 0 amide bonds. The highest BCUT2D eigenvalue weighted by atomic mass is 14.8. The zero-order valence-electron chi connectivity index (χ0n) is 42.1. The molecule has 2 aliphatic heterocycles. The number of benzene rings is 8. The molecule has 3 aromatic heterocycles. The van der Waals surface area contributed by atoms with Crippen molar-refractivity contribution in [2.75, 3.05) is 0 Å². The number of fused-ring (bicyclic) bond motifs is 8. The molecule has 0 spiro atoms. The monoisotopic (exact) mass is 974 g/mol. The lowest BCUT2D eigenvalue weighted by atomic mass is 9.91. The van der Waals surface area contributed by atoms with Gasteiger partial charge < -0.3 is 9.97 Å². The Balaban J connectivity index is 1.23. The number of H-pyrrole nitrogens is 2. The minimum atomic E-state index is 0.690. The molecule has 8 aromatic carbocycles. The maximum Gasteiger partial charge on any atom is 0.0739 e. The number of rotatable bonds is 12. The number of hydrogen-bond acceptors (Lipinski definition) is 2. The number of allylic oxidation sites excluding steroid dienone is 2. The topological polar surface area (TPSA) is 57.4 Å². The second-order valence-corrected chi connectivity index (χ2v) is 19.8. The van der Waals surface area contributed by atoms with Crippen molar-refractivity contribution in [3.05, 3.63) is 334 Å². The Kier molecular flexibility index (Phi) is 12.6. The van der Waals surface area contributed by atoms with Gasteiger partial charge in [0.25, 0.3) is 0 Å². The first-order valence-electron chi connectivity index (χ1n) is 26.3. The second-order valence-electron chi connectivity index (χ2n) is 19.8. The summed E-state index contributed by atoms with van der Waals surface area (Å²) in [5.41, 5.74) is 26.4. The van der Waals surface area contributed by atoms with Gasteiger partial charge in [0.05, 0.1) is 22.8 Å². The summed E-state index contributed by atoms with van der Waals surface area (Å²) >= 11 is 0. The van der Waals surface area contributed by atoms with Crippen LogP contribution in [0.15, 0.2) is 267 Å². The van der Waals surface area contributed by atoms with Gasteiger partial charge in [0.2, 0.25) is 0 Å². The first-order valence-corrected chi connectivity index (χ1v) is 26.3. The number of hydrogen-bond donors (Lipinski definition) is 2. The van der Waals surface area contributed by atoms with Gasteiger partial charge in [0.15, 0.2) is 0 Å². The Labute approximate surface area is 444 Å². The van der Waals surface area contributed by atoms with E-state index in [2.05, 4.69) is 277 Å². The SMILES string of the molecule is c1ccc(CC2=C(c3ccccc3)c3cc4[nH]c(cc5nc(cc6[nH]c(cc2n3)c(-c2ccccc2)c6Cc2ccccc2)C(c2ccccc2)=C5Cc2ccccc2)c(-c2ccccc2)c4Cc2ccccc2)cc1. The van der Waals surface area contributed by atoms with E-state index in [1.807, 2.05) is 0 Å². The first-order chi connectivity index (χ1) is 37.7. The molecule has 0 atom stereocenters. The van der Waals surface area contributed by atoms with Crippen molar-refractivity contribution in [3.8, 4) is 22.3 Å². The molecule has 2 N–H and O–H groups in total. The van der Waals surface area contributed by atoms with E-state index < -0.39 is 0 Å². The third-order valence-electron chi connectivity index (χ3n) is 14.8. The summed E-state index contributed by atoms with van der Waals surface area (Å²) in [7, 11) is 0. The van der Waals surface area contributed by atoms with Crippen LogP contribution < -0.4 is 0 Å². The van der Waals surface area contributed by atoms with E-state index >= 15 is 0 Å². The smallest absolute Gasteiger partial charge is 0.0739 e. The van der Waals surface area contributed by atoms with Crippen molar-refractivity contribution < 1.29 is 0 Å². The zero-order valence-corrected chi connectivity index (χ0v) is 42.1. The highest BCUT2D eigenvalue weighted by molar-refractivity contribution is 6.05. The van der Waals surface area contributed by atoms with Crippen molar-refractivity contribution >= 4 is 44.4 Å². The van der Waals surface area contributed by atoms with Gasteiger partial charge in [-0.1, -0.05) is 243 Å². The summed E-state index contributed by atoms with van der Waals surface area (Å²) in [6.45, 7) is 0. The average molecular weight is 975 g/mol. The Morgan fingerprint density at radius 3 is 0.829 bits per heavy atom. The van der Waals surface area contributed by atoms with Gasteiger partial charge in [-0.15, -0.1) is 0 Å². The molecule has 13 rings (SSSR count). The van der Waals surface area contributed by atoms with Gasteiger partial charge in [-0.05, 0) is 91.0 Å². The van der Waals surface area contributed by atoms with E-state index in [-0.39, 0.29) is 0 Å². The fraction of sp³-hybridized carbons (Fsp3) is 0.0556. The molecule has 0 unspecified atom stereocenters. The van der Waals surface area contributed by atoms with Gasteiger partial charge >= 0.3 is 0 Å². The van der Waals surface area contributed by atoms with Crippen molar-refractivity contribution in [1.29, 1.82) is 0 Å². The van der Waals surface area contributed by atoms with Crippen LogP contribution in [-0.2, 0) is 25.7 Å². The lowest BCUT2D eigenvalue weighted by Gasteiger charge is -2.10. The zero-order chi connectivity index (χ0) is 50.6. The fourth-order valence-electron chi connectivity index (χ4n) is 11.3. The van der Waals surface area contributed by atoms with E-state index in [9.17, 15) is 0 Å². The van der Waals surface area contributed by atoms with Crippen molar-refractivity contribution in [2.45, 2.75) is 25.7 Å². The first kappa shape index (κ1) is 46.2. The lowest BCUT2D eigenvalue weighted by molar-refractivity contribution is 1.21. The minimum Gasteiger partial charge on any atom is -0.355 e. The minimum absolute atomic E-state index is 0.690. The third kappa shape index (κ3) is 9.34. The molecule has 76 heavy (non-hydrogen) atoms. The molecule has 4 nitrogen and oxygen atoms in total. The number of aromatic amines is 2. The maximum atomic E-state index is 5.82. The maximum absolute atomic E-state index is 5.82. The molecule has 8 bridgehead atoms. The number of nitrogens with one attached hydrogen (secondary N) is 2. The molecule has 0 aliphatic carbocycles. The van der Waals surface area contributed by atoms with E-state index in [4.69, 9.17) is 9.97 Å². The Bertz CT molecular complexity index is 3820. The molecule has 0 radical (unpaired) electrons. The molecule has 4 heteroatoms.